The van der Waals surface area contributed by atoms with Crippen LogP contribution in [-0.4, -0.2) is 53.5 Å². The number of hydrogen-bond acceptors (Lipinski definition) is 5. The van der Waals surface area contributed by atoms with Crippen LogP contribution in [0.15, 0.2) is 12.7 Å². The molecule has 0 unspecified atom stereocenters. The Morgan fingerprint density at radius 3 is 2.06 bits per heavy atom. The van der Waals surface area contributed by atoms with E-state index >= 15 is 0 Å². The van der Waals surface area contributed by atoms with Crippen LogP contribution in [0.1, 0.15) is 19.3 Å². The van der Waals surface area contributed by atoms with E-state index < -0.39 is 11.5 Å². The first-order valence-corrected chi connectivity index (χ1v) is 5.49. The summed E-state index contributed by atoms with van der Waals surface area (Å²) in [5.41, 5.74) is -1.65. The first-order chi connectivity index (χ1) is 8.58. The van der Waals surface area contributed by atoms with Crippen LogP contribution in [-0.2, 0) is 19.2 Å². The van der Waals surface area contributed by atoms with Crippen molar-refractivity contribution in [3.8, 4) is 0 Å². The second-order valence-corrected chi connectivity index (χ2v) is 3.77. The third-order valence-electron chi connectivity index (χ3n) is 2.74. The lowest BCUT2D eigenvalue weighted by Crippen LogP contribution is -2.56. The molecule has 0 rings (SSSR count). The Morgan fingerprint density at radius 2 is 1.72 bits per heavy atom. The Hall–Kier alpha value is -1.82. The van der Waals surface area contributed by atoms with Gasteiger partial charge in [0.2, 0.25) is 0 Å². The Morgan fingerprint density at radius 1 is 1.17 bits per heavy atom. The van der Waals surface area contributed by atoms with Crippen molar-refractivity contribution < 1.29 is 24.3 Å². The molecule has 6 nitrogen and oxygen atoms in total. The molecule has 100 valence electrons. The molecular formula is C12H17NO5. The molecule has 0 aromatic heterocycles. The van der Waals surface area contributed by atoms with Gasteiger partial charge in [-0.05, 0) is 6.42 Å². The number of carboxylic acids is 1. The zero-order valence-corrected chi connectivity index (χ0v) is 10.1. The third-order valence-corrected chi connectivity index (χ3v) is 2.74. The van der Waals surface area contributed by atoms with Gasteiger partial charge in [-0.15, -0.1) is 6.58 Å². The average molecular weight is 255 g/mol. The molecule has 0 saturated carbocycles. The van der Waals surface area contributed by atoms with Gasteiger partial charge in [-0.1, -0.05) is 6.08 Å². The molecule has 0 spiro atoms. The largest absolute Gasteiger partial charge is 0.480 e. The van der Waals surface area contributed by atoms with Gasteiger partial charge in [-0.25, -0.2) is 0 Å². The maximum atomic E-state index is 11.4. The van der Waals surface area contributed by atoms with Crippen molar-refractivity contribution in [3.05, 3.63) is 12.7 Å². The van der Waals surface area contributed by atoms with Gasteiger partial charge in [-0.2, -0.15) is 0 Å². The second-order valence-electron chi connectivity index (χ2n) is 3.77. The van der Waals surface area contributed by atoms with Gasteiger partial charge in [0.25, 0.3) is 0 Å². The van der Waals surface area contributed by atoms with E-state index in [1.54, 1.807) is 6.08 Å². The number of carboxylic acid groups (broad SMARTS) is 1. The van der Waals surface area contributed by atoms with Crippen LogP contribution in [0.5, 0.6) is 0 Å². The quantitative estimate of drug-likeness (QED) is 0.415. The Balaban J connectivity index is 5.32. The summed E-state index contributed by atoms with van der Waals surface area (Å²) < 4.78 is 0. The zero-order valence-electron chi connectivity index (χ0n) is 10.1. The number of nitrogens with zero attached hydrogens (tertiary/aromatic N) is 1. The summed E-state index contributed by atoms with van der Waals surface area (Å²) in [5, 5.41) is 9.28. The molecule has 0 aliphatic carbocycles. The van der Waals surface area contributed by atoms with Crippen LogP contribution in [0, 0.1) is 0 Å². The maximum Gasteiger partial charge on any atom is 0.325 e. The lowest BCUT2D eigenvalue weighted by atomic mass is 9.89. The lowest BCUT2D eigenvalue weighted by molar-refractivity contribution is -0.155. The van der Waals surface area contributed by atoms with E-state index in [2.05, 4.69) is 6.58 Å². The van der Waals surface area contributed by atoms with Crippen molar-refractivity contribution in [2.45, 2.75) is 24.8 Å². The van der Waals surface area contributed by atoms with E-state index in [-0.39, 0.29) is 25.9 Å². The Labute approximate surface area is 105 Å². The number of aldehydes is 3. The highest BCUT2D eigenvalue weighted by molar-refractivity contribution is 5.85. The standard InChI is InChI=1S/C12H17NO5/c1-2-3-6-13(7-10-16)12(4-8-14,5-9-15)11(17)18/h2,8-10H,1,3-7H2,(H,17,18). The van der Waals surface area contributed by atoms with Crippen LogP contribution in [0.2, 0.25) is 0 Å². The minimum atomic E-state index is -1.65. The summed E-state index contributed by atoms with van der Waals surface area (Å²) in [5.74, 6) is -1.28. The van der Waals surface area contributed by atoms with Gasteiger partial charge < -0.3 is 19.5 Å². The first-order valence-electron chi connectivity index (χ1n) is 5.49. The van der Waals surface area contributed by atoms with Crippen LogP contribution in [0.25, 0.3) is 0 Å². The molecule has 1 N–H and O–H groups in total. The van der Waals surface area contributed by atoms with Crippen LogP contribution >= 0.6 is 0 Å². The summed E-state index contributed by atoms with van der Waals surface area (Å²) in [6.07, 6.45) is 2.80. The predicted molar refractivity (Wildman–Crippen MR) is 64.2 cm³/mol. The van der Waals surface area contributed by atoms with Gasteiger partial charge in [-0.3, -0.25) is 9.69 Å². The van der Waals surface area contributed by atoms with Gasteiger partial charge in [0.1, 0.15) is 24.4 Å². The minimum absolute atomic E-state index is 0.151. The molecule has 0 aliphatic rings. The van der Waals surface area contributed by atoms with E-state index in [0.29, 0.717) is 25.3 Å². The van der Waals surface area contributed by atoms with Gasteiger partial charge in [0.05, 0.1) is 6.54 Å². The molecule has 0 amide bonds. The van der Waals surface area contributed by atoms with Gasteiger partial charge >= 0.3 is 5.97 Å². The fourth-order valence-electron chi connectivity index (χ4n) is 1.74. The van der Waals surface area contributed by atoms with E-state index in [0.717, 1.165) is 0 Å². The molecule has 0 saturated heterocycles. The number of rotatable bonds is 11. The number of carbonyl (C=O) groups excluding carboxylic acids is 3. The monoisotopic (exact) mass is 255 g/mol. The summed E-state index contributed by atoms with van der Waals surface area (Å²) in [7, 11) is 0. The molecule has 0 atom stereocenters. The Bertz CT molecular complexity index is 316. The van der Waals surface area contributed by atoms with Crippen molar-refractivity contribution in [2.24, 2.45) is 0 Å². The average Bonchev–Trinajstić information content (AvgIpc) is 2.33. The first kappa shape index (κ1) is 16.2. The highest BCUT2D eigenvalue weighted by Crippen LogP contribution is 2.23. The Kier molecular flexibility index (Phi) is 7.46. The summed E-state index contributed by atoms with van der Waals surface area (Å²) in [4.78, 5) is 44.7. The molecule has 0 aliphatic heterocycles. The second kappa shape index (κ2) is 8.30. The predicted octanol–water partition coefficient (Wildman–Crippen LogP) is 0.0648. The topological polar surface area (TPSA) is 91.8 Å². The maximum absolute atomic E-state index is 11.4. The fraction of sp³-hybridized carbons (Fsp3) is 0.500. The molecule has 0 aromatic carbocycles. The van der Waals surface area contributed by atoms with Crippen LogP contribution in [0.3, 0.4) is 0 Å². The lowest BCUT2D eigenvalue weighted by Gasteiger charge is -2.37. The molecular weight excluding hydrogens is 238 g/mol. The molecule has 0 radical (unpaired) electrons. The highest BCUT2D eigenvalue weighted by Gasteiger charge is 2.43. The third kappa shape index (κ3) is 3.89. The summed E-state index contributed by atoms with van der Waals surface area (Å²) in [6.45, 7) is 3.61. The summed E-state index contributed by atoms with van der Waals surface area (Å²) >= 11 is 0. The van der Waals surface area contributed by atoms with Crippen molar-refractivity contribution in [3.63, 3.8) is 0 Å². The van der Waals surface area contributed by atoms with Crippen molar-refractivity contribution in [1.82, 2.24) is 4.90 Å². The summed E-state index contributed by atoms with van der Waals surface area (Å²) in [6, 6.07) is 0. The zero-order chi connectivity index (χ0) is 14.0. The minimum Gasteiger partial charge on any atom is -0.480 e. The fourth-order valence-corrected chi connectivity index (χ4v) is 1.74. The molecule has 0 aromatic rings. The molecule has 0 fully saturated rings. The van der Waals surface area contributed by atoms with E-state index in [9.17, 15) is 24.3 Å². The molecule has 0 heterocycles. The number of aliphatic carboxylic acids is 1. The van der Waals surface area contributed by atoms with Gasteiger partial charge in [0.15, 0.2) is 0 Å². The molecule has 0 bridgehead atoms. The molecule has 18 heavy (non-hydrogen) atoms. The van der Waals surface area contributed by atoms with Crippen molar-refractivity contribution in [1.29, 1.82) is 0 Å². The number of hydrogen-bond donors (Lipinski definition) is 1. The van der Waals surface area contributed by atoms with Gasteiger partial charge in [0, 0.05) is 19.4 Å². The smallest absolute Gasteiger partial charge is 0.325 e. The normalized spacial score (nSPS) is 10.9. The van der Waals surface area contributed by atoms with Crippen LogP contribution < -0.4 is 0 Å². The number of carbonyl (C=O) groups is 4. The van der Waals surface area contributed by atoms with Crippen molar-refractivity contribution in [2.75, 3.05) is 13.1 Å². The van der Waals surface area contributed by atoms with E-state index in [1.165, 1.54) is 4.90 Å². The van der Waals surface area contributed by atoms with E-state index in [1.807, 2.05) is 0 Å². The van der Waals surface area contributed by atoms with Crippen molar-refractivity contribution >= 4 is 24.8 Å². The molecule has 6 heteroatoms. The van der Waals surface area contributed by atoms with Crippen LogP contribution in [0.4, 0.5) is 0 Å². The SMILES string of the molecule is C=CCCN(CC=O)C(CC=O)(CC=O)C(=O)O. The highest BCUT2D eigenvalue weighted by atomic mass is 16.4. The van der Waals surface area contributed by atoms with E-state index in [4.69, 9.17) is 0 Å².